The number of anilines is 1. The van der Waals surface area contributed by atoms with E-state index in [-0.39, 0.29) is 30.5 Å². The first kappa shape index (κ1) is 23.4. The summed E-state index contributed by atoms with van der Waals surface area (Å²) in [6.45, 7) is 4.07. The second-order valence-electron chi connectivity index (χ2n) is 8.32. The van der Waals surface area contributed by atoms with Crippen LogP contribution in [0.3, 0.4) is 0 Å². The topological polar surface area (TPSA) is 94.8 Å². The summed E-state index contributed by atoms with van der Waals surface area (Å²) in [6.07, 6.45) is 3.73. The highest BCUT2D eigenvalue weighted by molar-refractivity contribution is 7.61. The Kier molecular flexibility index (Phi) is 6.52. The zero-order valence-corrected chi connectivity index (χ0v) is 20.6. The van der Waals surface area contributed by atoms with E-state index in [1.165, 1.54) is 0 Å². The highest BCUT2D eigenvalue weighted by Crippen LogP contribution is 2.46. The molecule has 1 aliphatic carbocycles. The van der Waals surface area contributed by atoms with Gasteiger partial charge in [0.2, 0.25) is 5.91 Å². The van der Waals surface area contributed by atoms with Crippen molar-refractivity contribution in [3.8, 4) is 22.5 Å². The highest BCUT2D eigenvalue weighted by Gasteiger charge is 2.30. The Hall–Kier alpha value is -3.32. The number of pyridine rings is 2. The molecule has 0 saturated heterocycles. The van der Waals surface area contributed by atoms with E-state index in [9.17, 15) is 9.36 Å². The largest absolute Gasteiger partial charge is 0.379 e. The fourth-order valence-corrected chi connectivity index (χ4v) is 5.48. The molecule has 0 radical (unpaired) electrons. The molecule has 0 unspecified atom stereocenters. The van der Waals surface area contributed by atoms with Crippen LogP contribution in [0.25, 0.3) is 28.2 Å². The van der Waals surface area contributed by atoms with Gasteiger partial charge in [-0.3, -0.25) is 13.8 Å². The van der Waals surface area contributed by atoms with E-state index >= 15 is 0 Å². The summed E-state index contributed by atoms with van der Waals surface area (Å²) in [5.41, 5.74) is 4.44. The van der Waals surface area contributed by atoms with Crippen molar-refractivity contribution in [2.75, 3.05) is 18.5 Å². The number of aromatic nitrogens is 3. The lowest BCUT2D eigenvalue weighted by atomic mass is 10.0. The number of hydrogen-bond acceptors (Lipinski definition) is 6. The molecule has 8 nitrogen and oxygen atoms in total. The van der Waals surface area contributed by atoms with Crippen LogP contribution in [0.2, 0.25) is 0 Å². The van der Waals surface area contributed by atoms with E-state index in [0.29, 0.717) is 11.5 Å². The molecule has 0 bridgehead atoms. The summed E-state index contributed by atoms with van der Waals surface area (Å²) < 4.78 is 26.1. The maximum Gasteiger partial charge on any atom is 0.379 e. The van der Waals surface area contributed by atoms with Gasteiger partial charge in [-0.25, -0.2) is 9.97 Å². The molecule has 0 spiro atoms. The van der Waals surface area contributed by atoms with E-state index < -0.39 is 7.60 Å². The minimum absolute atomic E-state index is 0.0271. The summed E-state index contributed by atoms with van der Waals surface area (Å²) in [5, 5.41) is 2.92. The maximum absolute atomic E-state index is 13.2. The second kappa shape index (κ2) is 9.74. The molecule has 0 atom stereocenters. The molecule has 5 rings (SSSR count). The first-order valence-electron chi connectivity index (χ1n) is 11.8. The predicted molar refractivity (Wildman–Crippen MR) is 136 cm³/mol. The lowest BCUT2D eigenvalue weighted by Crippen LogP contribution is -2.14. The number of imidazole rings is 1. The molecular weight excluding hydrogens is 463 g/mol. The fraction of sp³-hybridized carbons (Fsp3) is 0.269. The third-order valence-corrected chi connectivity index (χ3v) is 7.77. The van der Waals surface area contributed by atoms with Crippen molar-refractivity contribution in [2.45, 2.75) is 26.7 Å². The summed E-state index contributed by atoms with van der Waals surface area (Å²) in [6, 6.07) is 19.1. The zero-order chi connectivity index (χ0) is 24.4. The van der Waals surface area contributed by atoms with E-state index in [0.717, 1.165) is 35.3 Å². The first-order chi connectivity index (χ1) is 17.0. The van der Waals surface area contributed by atoms with Crippen molar-refractivity contribution in [1.29, 1.82) is 0 Å². The summed E-state index contributed by atoms with van der Waals surface area (Å²) in [5.74, 6) is 0.682. The summed E-state index contributed by atoms with van der Waals surface area (Å²) in [4.78, 5) is 21.4. The molecule has 1 aromatic carbocycles. The van der Waals surface area contributed by atoms with Gasteiger partial charge >= 0.3 is 7.60 Å². The SMILES string of the molecule is CCOP(=O)(OCC)c1cccc(-c2cccc(-c3cccc4nc(NC(=O)C5CC5)cn34)c2)n1. The number of nitrogens with zero attached hydrogens (tertiary/aromatic N) is 3. The van der Waals surface area contributed by atoms with Gasteiger partial charge in [0, 0.05) is 11.5 Å². The Labute approximate surface area is 203 Å². The standard InChI is InChI=1S/C26H27N4O4P/c1-3-33-35(32,34-4-2)25-13-6-10-21(27-25)19-8-5-9-20(16-19)22-11-7-12-24-28-23(17-30(22)24)29-26(31)18-14-15-18/h5-13,16-18H,3-4,14-15H2,1-2H3,(H,29,31). The number of benzene rings is 1. The third-order valence-electron chi connectivity index (χ3n) is 5.76. The van der Waals surface area contributed by atoms with Gasteiger partial charge in [0.15, 0.2) is 11.3 Å². The number of amides is 1. The van der Waals surface area contributed by atoms with Crippen molar-refractivity contribution >= 4 is 30.4 Å². The molecule has 1 aliphatic rings. The van der Waals surface area contributed by atoms with Gasteiger partial charge in [-0.15, -0.1) is 0 Å². The molecule has 4 aromatic rings. The van der Waals surface area contributed by atoms with E-state index in [1.807, 2.05) is 59.1 Å². The van der Waals surface area contributed by atoms with Crippen molar-refractivity contribution in [3.63, 3.8) is 0 Å². The molecule has 0 aliphatic heterocycles. The molecule has 35 heavy (non-hydrogen) atoms. The molecule has 9 heteroatoms. The Balaban J connectivity index is 1.49. The molecule has 1 fully saturated rings. The molecule has 3 aromatic heterocycles. The number of carbonyl (C=O) groups is 1. The molecular formula is C26H27N4O4P. The average molecular weight is 491 g/mol. The van der Waals surface area contributed by atoms with E-state index in [4.69, 9.17) is 9.05 Å². The zero-order valence-electron chi connectivity index (χ0n) is 19.7. The van der Waals surface area contributed by atoms with E-state index in [1.54, 1.807) is 26.0 Å². The van der Waals surface area contributed by atoms with Crippen molar-refractivity contribution in [2.24, 2.45) is 5.92 Å². The summed E-state index contributed by atoms with van der Waals surface area (Å²) in [7, 11) is -3.49. The van der Waals surface area contributed by atoms with Gasteiger partial charge in [-0.05, 0) is 62.6 Å². The normalized spacial score (nSPS) is 13.8. The maximum atomic E-state index is 13.2. The molecule has 1 saturated carbocycles. The fourth-order valence-electron chi connectivity index (χ4n) is 3.96. The van der Waals surface area contributed by atoms with Crippen molar-refractivity contribution < 1.29 is 18.4 Å². The average Bonchev–Trinajstić information content (AvgIpc) is 3.64. The molecule has 3 heterocycles. The van der Waals surface area contributed by atoms with Gasteiger partial charge in [0.25, 0.3) is 0 Å². The Morgan fingerprint density at radius 1 is 1.00 bits per heavy atom. The second-order valence-corrected chi connectivity index (χ2v) is 10.3. The Morgan fingerprint density at radius 2 is 1.71 bits per heavy atom. The van der Waals surface area contributed by atoms with E-state index in [2.05, 4.69) is 15.3 Å². The van der Waals surface area contributed by atoms with Gasteiger partial charge in [0.1, 0.15) is 5.65 Å². The smallest absolute Gasteiger partial charge is 0.309 e. The molecule has 180 valence electrons. The Bertz CT molecular complexity index is 1420. The van der Waals surface area contributed by atoms with Crippen LogP contribution in [0.5, 0.6) is 0 Å². The lowest BCUT2D eigenvalue weighted by Gasteiger charge is -2.17. The Morgan fingerprint density at radius 3 is 2.46 bits per heavy atom. The molecule has 1 amide bonds. The van der Waals surface area contributed by atoms with Crippen LogP contribution in [0.1, 0.15) is 26.7 Å². The van der Waals surface area contributed by atoms with Crippen LogP contribution in [0, 0.1) is 5.92 Å². The van der Waals surface area contributed by atoms with Crippen molar-refractivity contribution in [3.05, 3.63) is 66.9 Å². The van der Waals surface area contributed by atoms with Crippen LogP contribution >= 0.6 is 7.60 Å². The quantitative estimate of drug-likeness (QED) is 0.320. The number of fused-ring (bicyclic) bond motifs is 1. The van der Waals surface area contributed by atoms with Crippen LogP contribution < -0.4 is 10.8 Å². The van der Waals surface area contributed by atoms with Gasteiger partial charge in [-0.1, -0.05) is 30.3 Å². The lowest BCUT2D eigenvalue weighted by molar-refractivity contribution is -0.117. The minimum atomic E-state index is -3.49. The van der Waals surface area contributed by atoms with Gasteiger partial charge in [0.05, 0.1) is 30.8 Å². The van der Waals surface area contributed by atoms with Crippen LogP contribution in [0.15, 0.2) is 66.9 Å². The molecule has 1 N–H and O–H groups in total. The summed E-state index contributed by atoms with van der Waals surface area (Å²) >= 11 is 0. The minimum Gasteiger partial charge on any atom is -0.309 e. The number of nitrogens with one attached hydrogen (secondary N) is 1. The van der Waals surface area contributed by atoms with Gasteiger partial charge < -0.3 is 14.4 Å². The monoisotopic (exact) mass is 490 g/mol. The predicted octanol–water partition coefficient (Wildman–Crippen LogP) is 5.30. The van der Waals surface area contributed by atoms with Crippen molar-refractivity contribution in [1.82, 2.24) is 14.4 Å². The third kappa shape index (κ3) is 4.91. The number of hydrogen-bond donors (Lipinski definition) is 1. The van der Waals surface area contributed by atoms with Crippen LogP contribution in [-0.2, 0) is 18.4 Å². The van der Waals surface area contributed by atoms with Crippen LogP contribution in [-0.4, -0.2) is 33.5 Å². The first-order valence-corrected chi connectivity index (χ1v) is 13.3. The van der Waals surface area contributed by atoms with Gasteiger partial charge in [-0.2, -0.15) is 0 Å². The van der Waals surface area contributed by atoms with Crippen LogP contribution in [0.4, 0.5) is 5.82 Å². The number of carbonyl (C=O) groups excluding carboxylic acids is 1. The highest BCUT2D eigenvalue weighted by atomic mass is 31.2. The number of rotatable bonds is 9.